The fraction of sp³-hybridized carbons (Fsp3) is 0.691. The minimum atomic E-state index is -1.19. The van der Waals surface area contributed by atoms with Crippen LogP contribution in [0, 0.1) is 66.1 Å². The van der Waals surface area contributed by atoms with E-state index < -0.39 is 11.9 Å². The summed E-state index contributed by atoms with van der Waals surface area (Å²) in [5.74, 6) is 0.492. The van der Waals surface area contributed by atoms with Crippen molar-refractivity contribution in [2.45, 2.75) is 165 Å². The summed E-state index contributed by atoms with van der Waals surface area (Å²) in [5, 5.41) is 15.8. The maximum Gasteiger partial charge on any atom is 2.00 e. The summed E-state index contributed by atoms with van der Waals surface area (Å²) < 4.78 is 17.1. The maximum absolute atomic E-state index is 14.4. The number of hydrogen-bond acceptors (Lipinski definition) is 6. The minimum absolute atomic E-state index is 0. The Balaban J connectivity index is 0.00000720. The van der Waals surface area contributed by atoms with Crippen LogP contribution in [0.3, 0.4) is 0 Å². The van der Waals surface area contributed by atoms with Gasteiger partial charge in [0, 0.05) is 12.0 Å². The van der Waals surface area contributed by atoms with Crippen molar-refractivity contribution in [3.05, 3.63) is 84.7 Å². The standard InChI is InChI=1S/C55H79N4O6.Mg/c1-12-38-34(7)40-28-45-48(46-29-65-46)36(9)42(57-45)26-41-35(8)39(52(58-41)50-51(55(62)63-11)54(61)49-37(10)43(59-53(49)50)27-44(38)56-40)22-23-47(60)64-25-24-33(6)21-15-20-32(5)19-14-18-31(4)17-13-16-30(2)3;/h26-28,30-35,38-39,45-46,48,51H,12-25,29H2,1-11H3,(H-,58,59,61);/q-3;+2/p-1/b40-28-,41-26-,44-27-;. The number of ketones is 1. The van der Waals surface area contributed by atoms with E-state index in [0.29, 0.717) is 53.8 Å². The largest absolute Gasteiger partial charge is 2.00 e. The third-order valence-electron chi connectivity index (χ3n) is 15.8. The first-order chi connectivity index (χ1) is 31.1. The molecule has 3 saturated heterocycles. The van der Waals surface area contributed by atoms with E-state index in [1.165, 1.54) is 58.5 Å². The van der Waals surface area contributed by atoms with Crippen molar-refractivity contribution in [3.63, 3.8) is 0 Å². The normalized spacial score (nSPS) is 31.1. The Kier molecular flexibility index (Phi) is 18.1. The summed E-state index contributed by atoms with van der Waals surface area (Å²) in [7, 11) is 1.31. The number of carbonyl (C=O) groups is 3. The molecule has 66 heavy (non-hydrogen) atoms. The topological polar surface area (TPSA) is 139 Å². The maximum atomic E-state index is 14.4. The molecule has 0 radical (unpaired) electrons. The van der Waals surface area contributed by atoms with Gasteiger partial charge < -0.3 is 35.1 Å². The molecule has 358 valence electrons. The number of esters is 2. The summed E-state index contributed by atoms with van der Waals surface area (Å²) in [6.07, 6.45) is 20.4. The molecule has 0 spiro atoms. The second-order valence-electron chi connectivity index (χ2n) is 21.3. The molecule has 1 aromatic rings. The molecule has 5 aliphatic heterocycles. The Labute approximate surface area is 413 Å². The number of fused-ring (bicyclic) bond motifs is 7. The van der Waals surface area contributed by atoms with E-state index in [9.17, 15) is 14.4 Å². The number of nitrogens with zero attached hydrogens (tertiary/aromatic N) is 4. The van der Waals surface area contributed by atoms with Gasteiger partial charge in [0.15, 0.2) is 5.78 Å². The van der Waals surface area contributed by atoms with Crippen LogP contribution in [-0.4, -0.2) is 73.2 Å². The van der Waals surface area contributed by atoms with E-state index in [2.05, 4.69) is 74.5 Å². The van der Waals surface area contributed by atoms with Gasteiger partial charge in [-0.3, -0.25) is 14.4 Å². The van der Waals surface area contributed by atoms with Crippen molar-refractivity contribution in [2.24, 2.45) is 59.2 Å². The van der Waals surface area contributed by atoms with Gasteiger partial charge in [-0.15, -0.1) is 23.2 Å². The van der Waals surface area contributed by atoms with Crippen LogP contribution in [0.25, 0.3) is 27.6 Å². The number of epoxide rings is 1. The molecule has 6 heterocycles. The van der Waals surface area contributed by atoms with Crippen molar-refractivity contribution >= 4 is 52.4 Å². The number of ether oxygens (including phenoxy) is 3. The van der Waals surface area contributed by atoms with Gasteiger partial charge in [-0.05, 0) is 80.0 Å². The third-order valence-corrected chi connectivity index (χ3v) is 15.8. The Hall–Kier alpha value is -3.28. The molecule has 0 amide bonds. The molecule has 7 rings (SSSR count). The molecule has 8 bridgehead atoms. The quantitative estimate of drug-likeness (QED) is 0.0518. The first-order valence-corrected chi connectivity index (χ1v) is 25.4. The molecule has 11 unspecified atom stereocenters. The molecule has 0 aromatic carbocycles. The van der Waals surface area contributed by atoms with E-state index in [-0.39, 0.29) is 83.0 Å². The minimum Gasteiger partial charge on any atom is -0.678 e. The number of Topliss-reactive ketones (excluding diaryl/α,β-unsaturated/α-hetero) is 1. The fourth-order valence-electron chi connectivity index (χ4n) is 11.4. The van der Waals surface area contributed by atoms with Crippen LogP contribution in [-0.2, 0) is 23.8 Å². The van der Waals surface area contributed by atoms with Gasteiger partial charge in [-0.25, -0.2) is 0 Å². The molecule has 11 heteroatoms. The van der Waals surface area contributed by atoms with E-state index in [1.54, 1.807) is 0 Å². The molecule has 0 N–H and O–H groups in total. The van der Waals surface area contributed by atoms with Gasteiger partial charge in [0.1, 0.15) is 5.92 Å². The Morgan fingerprint density at radius 2 is 1.45 bits per heavy atom. The van der Waals surface area contributed by atoms with Gasteiger partial charge in [0.25, 0.3) is 0 Å². The van der Waals surface area contributed by atoms with Crippen molar-refractivity contribution < 1.29 is 28.6 Å². The summed E-state index contributed by atoms with van der Waals surface area (Å²) in [5.41, 5.74) is 8.20. The number of rotatable bonds is 21. The molecule has 3 fully saturated rings. The van der Waals surface area contributed by atoms with Crippen LogP contribution in [0.5, 0.6) is 0 Å². The van der Waals surface area contributed by atoms with E-state index in [1.807, 2.05) is 13.0 Å². The summed E-state index contributed by atoms with van der Waals surface area (Å²) in [6.45, 7) is 23.4. The molecule has 1 aliphatic carbocycles. The second kappa shape index (κ2) is 22.9. The van der Waals surface area contributed by atoms with Crippen molar-refractivity contribution in [3.8, 4) is 0 Å². The van der Waals surface area contributed by atoms with Crippen LogP contribution in [0.15, 0.2) is 46.2 Å². The number of carbonyl (C=O) groups excluding carboxylic acids is 3. The first-order valence-electron chi connectivity index (χ1n) is 25.4. The number of aromatic nitrogens is 1. The van der Waals surface area contributed by atoms with Crippen LogP contribution >= 0.6 is 0 Å². The number of hydrogen-bond donors (Lipinski definition) is 0. The number of allylic oxidation sites excluding steroid dienone is 5. The Morgan fingerprint density at radius 1 is 0.833 bits per heavy atom. The Morgan fingerprint density at radius 3 is 2.06 bits per heavy atom. The van der Waals surface area contributed by atoms with Gasteiger partial charge in [-0.1, -0.05) is 155 Å². The van der Waals surface area contributed by atoms with Gasteiger partial charge in [0.05, 0.1) is 26.4 Å². The number of methoxy groups -OCH3 is 1. The summed E-state index contributed by atoms with van der Waals surface area (Å²) in [6, 6.07) is -0.121. The first kappa shape index (κ1) is 52.1. The van der Waals surface area contributed by atoms with Gasteiger partial charge in [0.2, 0.25) is 0 Å². The predicted octanol–water partition coefficient (Wildman–Crippen LogP) is 12.9. The molecule has 11 atom stereocenters. The van der Waals surface area contributed by atoms with E-state index in [4.69, 9.17) is 35.1 Å². The van der Waals surface area contributed by atoms with Crippen LogP contribution in [0.2, 0.25) is 0 Å². The van der Waals surface area contributed by atoms with Crippen LogP contribution in [0.4, 0.5) is 0 Å². The average Bonchev–Trinajstić information content (AvgIpc) is 3.64. The molecule has 10 nitrogen and oxygen atoms in total. The molecule has 1 aromatic heterocycles. The van der Waals surface area contributed by atoms with Gasteiger partial charge in [-0.2, -0.15) is 22.8 Å². The fourth-order valence-corrected chi connectivity index (χ4v) is 11.4. The average molecular weight is 916 g/mol. The monoisotopic (exact) mass is 915 g/mol. The van der Waals surface area contributed by atoms with Crippen molar-refractivity contribution in [1.29, 1.82) is 0 Å². The smallest absolute Gasteiger partial charge is 0.678 e. The van der Waals surface area contributed by atoms with Gasteiger partial charge >= 0.3 is 35.0 Å². The Bertz CT molecular complexity index is 2090. The third kappa shape index (κ3) is 11.6. The molecular weight excluding hydrogens is 837 g/mol. The van der Waals surface area contributed by atoms with Crippen LogP contribution < -0.4 is 4.98 Å². The second-order valence-corrected chi connectivity index (χ2v) is 21.3. The molecule has 6 aliphatic rings. The SMILES string of the molecule is CCC1/C2=C/c3[n-]c4c(c3C)C(=O)C(C(=O)OC)/C4=C3/[N-]/C(=C\C4=C(C)C(C5CO5)C(/C=C(\[N-]2)C1C)[N-]4)C(C)C3CCC(=O)OCCC(C)CCCC(C)CCCC(C)CCCC(C)C.[Mg+2]. The summed E-state index contributed by atoms with van der Waals surface area (Å²) >= 11 is 0. The zero-order valence-electron chi connectivity index (χ0n) is 42.2. The molecular formula is C55H78MgN4O6-2. The van der Waals surface area contributed by atoms with Crippen molar-refractivity contribution in [1.82, 2.24) is 4.98 Å². The summed E-state index contributed by atoms with van der Waals surface area (Å²) in [4.78, 5) is 46.7. The zero-order valence-corrected chi connectivity index (χ0v) is 43.6. The van der Waals surface area contributed by atoms with E-state index >= 15 is 0 Å². The molecule has 0 saturated carbocycles. The predicted molar refractivity (Wildman–Crippen MR) is 265 cm³/mol. The van der Waals surface area contributed by atoms with Crippen LogP contribution in [0.1, 0.15) is 173 Å². The van der Waals surface area contributed by atoms with Crippen molar-refractivity contribution in [2.75, 3.05) is 20.3 Å². The van der Waals surface area contributed by atoms with E-state index in [0.717, 1.165) is 70.9 Å². The zero-order chi connectivity index (χ0) is 46.7.